The van der Waals surface area contributed by atoms with Crippen LogP contribution >= 0.6 is 23.2 Å². The van der Waals surface area contributed by atoms with E-state index in [0.29, 0.717) is 27.1 Å². The fraction of sp³-hybridized carbons (Fsp3) is 0.167. The van der Waals surface area contributed by atoms with Crippen LogP contribution in [0.15, 0.2) is 30.7 Å². The molecule has 0 aliphatic rings. The average Bonchev–Trinajstić information content (AvgIpc) is 3.27. The van der Waals surface area contributed by atoms with Crippen LogP contribution in [-0.2, 0) is 7.05 Å². The molecule has 27 heavy (non-hydrogen) atoms. The zero-order valence-electron chi connectivity index (χ0n) is 14.7. The fourth-order valence-corrected chi connectivity index (χ4v) is 3.65. The molecule has 9 heteroatoms. The first-order chi connectivity index (χ1) is 13.0. The number of nitrogens with zero attached hydrogens (tertiary/aromatic N) is 4. The summed E-state index contributed by atoms with van der Waals surface area (Å²) < 4.78 is 12.4. The minimum absolute atomic E-state index is 0.386. The maximum absolute atomic E-state index is 6.50. The van der Waals surface area contributed by atoms with Gasteiger partial charge in [0.1, 0.15) is 22.7 Å². The Kier molecular flexibility index (Phi) is 4.41. The summed E-state index contributed by atoms with van der Waals surface area (Å²) >= 11 is 13.0. The second-order valence-corrected chi connectivity index (χ2v) is 6.64. The zero-order chi connectivity index (χ0) is 19.1. The van der Waals surface area contributed by atoms with Crippen LogP contribution in [0.25, 0.3) is 33.4 Å². The fourth-order valence-electron chi connectivity index (χ4n) is 2.93. The number of pyridine rings is 1. The maximum Gasteiger partial charge on any atom is 0.141 e. The van der Waals surface area contributed by atoms with Crippen LogP contribution in [-0.4, -0.2) is 39.2 Å². The third-order valence-corrected chi connectivity index (χ3v) is 4.99. The van der Waals surface area contributed by atoms with E-state index in [9.17, 15) is 0 Å². The summed E-state index contributed by atoms with van der Waals surface area (Å²) in [5.41, 5.74) is 4.39. The second-order valence-electron chi connectivity index (χ2n) is 5.88. The van der Waals surface area contributed by atoms with Crippen molar-refractivity contribution in [3.05, 3.63) is 40.8 Å². The van der Waals surface area contributed by atoms with E-state index in [4.69, 9.17) is 32.7 Å². The van der Waals surface area contributed by atoms with Crippen molar-refractivity contribution in [2.24, 2.45) is 7.05 Å². The molecule has 1 aromatic carbocycles. The third kappa shape index (κ3) is 2.89. The molecule has 4 aromatic rings. The van der Waals surface area contributed by atoms with E-state index in [1.807, 2.05) is 19.3 Å². The normalized spacial score (nSPS) is 11.1. The van der Waals surface area contributed by atoms with Crippen LogP contribution in [0, 0.1) is 0 Å². The van der Waals surface area contributed by atoms with E-state index < -0.39 is 0 Å². The summed E-state index contributed by atoms with van der Waals surface area (Å²) in [6, 6.07) is 3.54. The van der Waals surface area contributed by atoms with Crippen molar-refractivity contribution in [3.63, 3.8) is 0 Å². The molecule has 0 saturated carbocycles. The van der Waals surface area contributed by atoms with E-state index in [-0.39, 0.29) is 0 Å². The molecule has 0 aliphatic carbocycles. The van der Waals surface area contributed by atoms with Crippen molar-refractivity contribution in [2.45, 2.75) is 0 Å². The molecule has 0 unspecified atom stereocenters. The van der Waals surface area contributed by atoms with Crippen molar-refractivity contribution in [2.75, 3.05) is 14.2 Å². The van der Waals surface area contributed by atoms with E-state index >= 15 is 0 Å². The number of fused-ring (bicyclic) bond motifs is 1. The molecule has 0 saturated heterocycles. The molecular formula is C18H15Cl2N5O2. The van der Waals surface area contributed by atoms with Crippen molar-refractivity contribution in [1.82, 2.24) is 25.0 Å². The number of rotatable bonds is 4. The van der Waals surface area contributed by atoms with Gasteiger partial charge in [-0.2, -0.15) is 10.2 Å². The number of methoxy groups -OCH3 is 2. The summed E-state index contributed by atoms with van der Waals surface area (Å²) in [5.74, 6) is 0.933. The van der Waals surface area contributed by atoms with Gasteiger partial charge >= 0.3 is 0 Å². The van der Waals surface area contributed by atoms with Crippen LogP contribution in [0.4, 0.5) is 0 Å². The van der Waals surface area contributed by atoms with Gasteiger partial charge in [0.2, 0.25) is 0 Å². The third-order valence-electron chi connectivity index (χ3n) is 4.24. The van der Waals surface area contributed by atoms with Crippen molar-refractivity contribution in [3.8, 4) is 33.9 Å². The lowest BCUT2D eigenvalue weighted by Gasteiger charge is -2.14. The maximum atomic E-state index is 6.50. The standard InChI is InChI=1S/C18H15Cl2N5O2/c1-25-8-10(7-22-25)17-18-11(23-24-17)4-9(6-21-18)14-15(19)12(26-2)5-13(27-3)16(14)20/h4-8H,1-3H3,(H,23,24). The van der Waals surface area contributed by atoms with Gasteiger partial charge in [0.25, 0.3) is 0 Å². The number of H-pyrrole nitrogens is 1. The number of aromatic amines is 1. The zero-order valence-corrected chi connectivity index (χ0v) is 16.3. The number of nitrogens with one attached hydrogen (secondary N) is 1. The number of hydrogen-bond acceptors (Lipinski definition) is 5. The predicted molar refractivity (Wildman–Crippen MR) is 105 cm³/mol. The molecule has 0 spiro atoms. The molecule has 0 amide bonds. The number of hydrogen-bond donors (Lipinski definition) is 1. The van der Waals surface area contributed by atoms with E-state index in [1.165, 1.54) is 14.2 Å². The van der Waals surface area contributed by atoms with Gasteiger partial charge in [0.15, 0.2) is 0 Å². The lowest BCUT2D eigenvalue weighted by Crippen LogP contribution is -1.93. The number of aryl methyl sites for hydroxylation is 1. The van der Waals surface area contributed by atoms with Crippen LogP contribution in [0.5, 0.6) is 11.5 Å². The monoisotopic (exact) mass is 403 g/mol. The molecule has 138 valence electrons. The Hall–Kier alpha value is -2.77. The van der Waals surface area contributed by atoms with E-state index in [0.717, 1.165) is 27.9 Å². The molecule has 4 rings (SSSR count). The molecule has 0 atom stereocenters. The van der Waals surface area contributed by atoms with E-state index in [2.05, 4.69) is 20.3 Å². The Morgan fingerprint density at radius 2 is 1.70 bits per heavy atom. The second kappa shape index (κ2) is 6.75. The topological polar surface area (TPSA) is 77.8 Å². The highest BCUT2D eigenvalue weighted by Crippen LogP contribution is 2.46. The molecule has 0 fully saturated rings. The van der Waals surface area contributed by atoms with Gasteiger partial charge in [-0.05, 0) is 6.07 Å². The van der Waals surface area contributed by atoms with Crippen molar-refractivity contribution < 1.29 is 9.47 Å². The smallest absolute Gasteiger partial charge is 0.141 e. The van der Waals surface area contributed by atoms with Crippen LogP contribution < -0.4 is 9.47 Å². The van der Waals surface area contributed by atoms with E-state index in [1.54, 1.807) is 23.1 Å². The Morgan fingerprint density at radius 3 is 2.30 bits per heavy atom. The number of aromatic nitrogens is 5. The highest BCUT2D eigenvalue weighted by molar-refractivity contribution is 6.41. The number of halogens is 2. The quantitative estimate of drug-likeness (QED) is 0.547. The molecular weight excluding hydrogens is 389 g/mol. The van der Waals surface area contributed by atoms with Gasteiger partial charge in [-0.3, -0.25) is 14.8 Å². The Morgan fingerprint density at radius 1 is 1.00 bits per heavy atom. The predicted octanol–water partition coefficient (Wildman–Crippen LogP) is 4.35. The van der Waals surface area contributed by atoms with Crippen LogP contribution in [0.2, 0.25) is 10.0 Å². The highest BCUT2D eigenvalue weighted by Gasteiger charge is 2.20. The van der Waals surface area contributed by atoms with Gasteiger partial charge in [0, 0.05) is 42.2 Å². The number of ether oxygens (including phenoxy) is 2. The first-order valence-electron chi connectivity index (χ1n) is 7.97. The number of benzene rings is 1. The largest absolute Gasteiger partial charge is 0.495 e. The Bertz CT molecular complexity index is 1120. The van der Waals surface area contributed by atoms with Crippen LogP contribution in [0.3, 0.4) is 0 Å². The SMILES string of the molecule is COc1cc(OC)c(Cl)c(-c2cnc3c(-c4cnn(C)c4)n[nH]c3c2)c1Cl. The van der Waals surface area contributed by atoms with Crippen molar-refractivity contribution in [1.29, 1.82) is 0 Å². The molecule has 0 aliphatic heterocycles. The van der Waals surface area contributed by atoms with Gasteiger partial charge in [-0.25, -0.2) is 0 Å². The highest BCUT2D eigenvalue weighted by atomic mass is 35.5. The van der Waals surface area contributed by atoms with Gasteiger partial charge in [-0.1, -0.05) is 23.2 Å². The first-order valence-corrected chi connectivity index (χ1v) is 8.72. The minimum Gasteiger partial charge on any atom is -0.495 e. The van der Waals surface area contributed by atoms with Gasteiger partial charge in [-0.15, -0.1) is 0 Å². The van der Waals surface area contributed by atoms with Gasteiger partial charge < -0.3 is 9.47 Å². The Labute approximate surface area is 164 Å². The lowest BCUT2D eigenvalue weighted by molar-refractivity contribution is 0.395. The lowest BCUT2D eigenvalue weighted by atomic mass is 10.1. The van der Waals surface area contributed by atoms with Crippen molar-refractivity contribution >= 4 is 34.2 Å². The molecule has 3 aromatic heterocycles. The molecule has 0 bridgehead atoms. The summed E-state index contributed by atoms with van der Waals surface area (Å²) in [6.45, 7) is 0. The molecule has 3 heterocycles. The average molecular weight is 404 g/mol. The molecule has 1 N–H and O–H groups in total. The van der Waals surface area contributed by atoms with Crippen LogP contribution in [0.1, 0.15) is 0 Å². The minimum atomic E-state index is 0.386. The summed E-state index contributed by atoms with van der Waals surface area (Å²) in [5, 5.41) is 12.3. The Balaban J connectivity index is 1.89. The van der Waals surface area contributed by atoms with Gasteiger partial charge in [0.05, 0.1) is 36.0 Å². The summed E-state index contributed by atoms with van der Waals surface area (Å²) in [7, 11) is 4.92. The molecule has 0 radical (unpaired) electrons. The summed E-state index contributed by atoms with van der Waals surface area (Å²) in [4.78, 5) is 4.57. The first kappa shape index (κ1) is 17.6. The molecule has 7 nitrogen and oxygen atoms in total. The summed E-state index contributed by atoms with van der Waals surface area (Å²) in [6.07, 6.45) is 5.32.